The molecule has 0 aliphatic rings. The minimum absolute atomic E-state index is 0.184. The van der Waals surface area contributed by atoms with Crippen LogP contribution >= 0.6 is 22.7 Å². The number of anilines is 1. The zero-order valence-electron chi connectivity index (χ0n) is 16.4. The molecule has 2 N–H and O–H groups in total. The van der Waals surface area contributed by atoms with Crippen molar-refractivity contribution in [2.75, 3.05) is 11.9 Å². The molecule has 0 saturated carbocycles. The number of imide groups is 1. The predicted octanol–water partition coefficient (Wildman–Crippen LogP) is 4.70. The van der Waals surface area contributed by atoms with Crippen molar-refractivity contribution in [1.82, 2.24) is 15.3 Å². The van der Waals surface area contributed by atoms with E-state index in [1.54, 1.807) is 23.8 Å². The van der Waals surface area contributed by atoms with Crippen LogP contribution < -0.4 is 10.6 Å². The van der Waals surface area contributed by atoms with E-state index >= 15 is 0 Å². The molecule has 0 aliphatic carbocycles. The van der Waals surface area contributed by atoms with Crippen LogP contribution in [-0.2, 0) is 4.74 Å². The molecule has 0 aromatic carbocycles. The van der Waals surface area contributed by atoms with Crippen LogP contribution in [-0.4, -0.2) is 34.5 Å². The predicted molar refractivity (Wildman–Crippen MR) is 115 cm³/mol. The van der Waals surface area contributed by atoms with Crippen LogP contribution in [0.5, 0.6) is 0 Å². The molecule has 3 aromatic rings. The average Bonchev–Trinajstić information content (AvgIpc) is 3.36. The van der Waals surface area contributed by atoms with Crippen LogP contribution in [0.1, 0.15) is 53.8 Å². The molecule has 3 rings (SSSR count). The molecular weight excluding hydrogens is 412 g/mol. The van der Waals surface area contributed by atoms with Gasteiger partial charge in [0.25, 0.3) is 11.8 Å². The summed E-state index contributed by atoms with van der Waals surface area (Å²) in [5.41, 5.74) is 0.815. The third kappa shape index (κ3) is 6.06. The van der Waals surface area contributed by atoms with Crippen molar-refractivity contribution in [3.8, 4) is 0 Å². The quantitative estimate of drug-likeness (QED) is 0.544. The largest absolute Gasteiger partial charge is 0.449 e. The second-order valence-electron chi connectivity index (χ2n) is 5.42. The Balaban J connectivity index is 0.00000145. The van der Waals surface area contributed by atoms with Gasteiger partial charge < -0.3 is 10.1 Å². The number of carbonyl (C=O) groups is 3. The van der Waals surface area contributed by atoms with Crippen molar-refractivity contribution < 1.29 is 19.1 Å². The lowest BCUT2D eigenvalue weighted by molar-refractivity contribution is 0.0920. The van der Waals surface area contributed by atoms with Crippen molar-refractivity contribution >= 4 is 55.8 Å². The Morgan fingerprint density at radius 1 is 1.17 bits per heavy atom. The van der Waals surface area contributed by atoms with Crippen LogP contribution in [0.15, 0.2) is 29.9 Å². The standard InChI is InChI=1S/C17H16N4O4S2.C2H6/c1-2-3-7-25-17(24)21-13(22)10-5-8-26-15(10)20-14(23)16-19-11-9-18-6-4-12(11)27-16;1-2/h4-6,8-9H,2-3,7H2,1H3,(H,20,23)(H,21,22,24);1-2H3. The smallest absolute Gasteiger partial charge is 0.414 e. The first-order chi connectivity index (χ1) is 14.1. The van der Waals surface area contributed by atoms with E-state index in [1.165, 1.54) is 28.7 Å². The maximum Gasteiger partial charge on any atom is 0.414 e. The maximum atomic E-state index is 12.5. The molecule has 0 aliphatic heterocycles. The molecule has 3 heterocycles. The molecule has 10 heteroatoms. The summed E-state index contributed by atoms with van der Waals surface area (Å²) in [6, 6.07) is 3.30. The molecule has 0 atom stereocenters. The molecule has 3 amide bonds. The van der Waals surface area contributed by atoms with Gasteiger partial charge in [-0.15, -0.1) is 22.7 Å². The van der Waals surface area contributed by atoms with Gasteiger partial charge in [-0.25, -0.2) is 9.78 Å². The second-order valence-corrected chi connectivity index (χ2v) is 7.37. The van der Waals surface area contributed by atoms with E-state index in [-0.39, 0.29) is 17.2 Å². The average molecular weight is 435 g/mol. The highest BCUT2D eigenvalue weighted by atomic mass is 32.1. The van der Waals surface area contributed by atoms with Crippen LogP contribution in [0.4, 0.5) is 9.80 Å². The number of alkyl carbamates (subject to hydrolysis) is 1. The molecule has 0 spiro atoms. The van der Waals surface area contributed by atoms with Gasteiger partial charge in [0.1, 0.15) is 10.5 Å². The monoisotopic (exact) mass is 434 g/mol. The lowest BCUT2D eigenvalue weighted by Crippen LogP contribution is -2.31. The number of thiazole rings is 1. The van der Waals surface area contributed by atoms with Gasteiger partial charge in [0.15, 0.2) is 5.01 Å². The van der Waals surface area contributed by atoms with Crippen LogP contribution in [0.3, 0.4) is 0 Å². The fourth-order valence-electron chi connectivity index (χ4n) is 2.12. The van der Waals surface area contributed by atoms with E-state index in [0.717, 1.165) is 17.5 Å². The normalized spacial score (nSPS) is 10.0. The topological polar surface area (TPSA) is 110 Å². The van der Waals surface area contributed by atoms with Crippen molar-refractivity contribution in [2.45, 2.75) is 33.6 Å². The van der Waals surface area contributed by atoms with E-state index in [1.807, 2.05) is 20.8 Å². The summed E-state index contributed by atoms with van der Waals surface area (Å²) < 4.78 is 5.75. The van der Waals surface area contributed by atoms with Gasteiger partial charge in [-0.05, 0) is 23.9 Å². The number of thiophene rings is 1. The van der Waals surface area contributed by atoms with Crippen molar-refractivity contribution in [2.24, 2.45) is 0 Å². The van der Waals surface area contributed by atoms with Crippen molar-refractivity contribution in [3.63, 3.8) is 0 Å². The zero-order valence-corrected chi connectivity index (χ0v) is 18.0. The summed E-state index contributed by atoms with van der Waals surface area (Å²) in [5.74, 6) is -1.07. The highest BCUT2D eigenvalue weighted by molar-refractivity contribution is 7.20. The Kier molecular flexibility index (Phi) is 8.68. The van der Waals surface area contributed by atoms with E-state index < -0.39 is 17.9 Å². The summed E-state index contributed by atoms with van der Waals surface area (Å²) in [4.78, 5) is 44.5. The molecule has 0 radical (unpaired) electrons. The molecule has 0 fully saturated rings. The number of ether oxygens (including phenoxy) is 1. The minimum Gasteiger partial charge on any atom is -0.449 e. The number of nitrogens with zero attached hydrogens (tertiary/aromatic N) is 2. The first kappa shape index (κ1) is 22.4. The number of pyridine rings is 1. The van der Waals surface area contributed by atoms with E-state index in [2.05, 4.69) is 20.6 Å². The number of rotatable bonds is 6. The Morgan fingerprint density at radius 2 is 1.97 bits per heavy atom. The van der Waals surface area contributed by atoms with Crippen LogP contribution in [0, 0.1) is 0 Å². The van der Waals surface area contributed by atoms with Gasteiger partial charge in [0, 0.05) is 6.20 Å². The first-order valence-electron chi connectivity index (χ1n) is 9.16. The van der Waals surface area contributed by atoms with Crippen molar-refractivity contribution in [3.05, 3.63) is 40.5 Å². The molecule has 8 nitrogen and oxygen atoms in total. The number of hydrogen-bond acceptors (Lipinski definition) is 8. The summed E-state index contributed by atoms with van der Waals surface area (Å²) in [5, 5.41) is 7.06. The van der Waals surface area contributed by atoms with Gasteiger partial charge in [0.2, 0.25) is 0 Å². The second kappa shape index (κ2) is 11.2. The molecule has 29 heavy (non-hydrogen) atoms. The lowest BCUT2D eigenvalue weighted by atomic mass is 10.3. The fraction of sp³-hybridized carbons (Fsp3) is 0.316. The number of fused-ring (bicyclic) bond motifs is 1. The number of nitrogens with one attached hydrogen (secondary N) is 2. The molecule has 0 unspecified atom stereocenters. The summed E-state index contributed by atoms with van der Waals surface area (Å²) in [6.45, 7) is 6.21. The van der Waals surface area contributed by atoms with E-state index in [4.69, 9.17) is 4.74 Å². The third-order valence-electron chi connectivity index (χ3n) is 3.47. The number of hydrogen-bond donors (Lipinski definition) is 2. The Hall–Kier alpha value is -2.85. The first-order valence-corrected chi connectivity index (χ1v) is 10.9. The number of amides is 3. The minimum atomic E-state index is -0.810. The summed E-state index contributed by atoms with van der Waals surface area (Å²) in [6.07, 6.45) is 4.00. The number of carbonyl (C=O) groups excluding carboxylic acids is 3. The van der Waals surface area contributed by atoms with Gasteiger partial charge in [-0.3, -0.25) is 19.9 Å². The van der Waals surface area contributed by atoms with E-state index in [0.29, 0.717) is 10.5 Å². The zero-order chi connectivity index (χ0) is 21.2. The lowest BCUT2D eigenvalue weighted by Gasteiger charge is -2.07. The Labute approximate surface area is 176 Å². The molecule has 3 aromatic heterocycles. The van der Waals surface area contributed by atoms with Gasteiger partial charge in [0.05, 0.1) is 23.1 Å². The number of unbranched alkanes of at least 4 members (excludes halogenated alkanes) is 1. The van der Waals surface area contributed by atoms with E-state index in [9.17, 15) is 14.4 Å². The van der Waals surface area contributed by atoms with Crippen molar-refractivity contribution in [1.29, 1.82) is 0 Å². The summed E-state index contributed by atoms with van der Waals surface area (Å²) in [7, 11) is 0. The van der Waals surface area contributed by atoms with Crippen LogP contribution in [0.25, 0.3) is 10.2 Å². The molecule has 0 saturated heterocycles. The maximum absolute atomic E-state index is 12.5. The van der Waals surface area contributed by atoms with Gasteiger partial charge in [-0.1, -0.05) is 27.2 Å². The SMILES string of the molecule is CC.CCCCOC(=O)NC(=O)c1ccsc1NC(=O)c1nc2cnccc2s1. The van der Waals surface area contributed by atoms with Gasteiger partial charge in [-0.2, -0.15) is 0 Å². The Bertz CT molecular complexity index is 950. The highest BCUT2D eigenvalue weighted by Crippen LogP contribution is 2.26. The third-order valence-corrected chi connectivity index (χ3v) is 5.33. The summed E-state index contributed by atoms with van der Waals surface area (Å²) >= 11 is 2.41. The molecule has 0 bridgehead atoms. The fourth-order valence-corrected chi connectivity index (χ4v) is 3.73. The Morgan fingerprint density at radius 3 is 2.69 bits per heavy atom. The number of aromatic nitrogens is 2. The van der Waals surface area contributed by atoms with Crippen LogP contribution in [0.2, 0.25) is 0 Å². The highest BCUT2D eigenvalue weighted by Gasteiger charge is 2.20. The molecule has 154 valence electrons. The molecular formula is C19H22N4O4S2. The van der Waals surface area contributed by atoms with Gasteiger partial charge >= 0.3 is 6.09 Å².